The average molecular weight is 531 g/mol. The molecule has 9 heteroatoms. The van der Waals surface area contributed by atoms with Crippen LogP contribution in [-0.2, 0) is 14.8 Å². The highest BCUT2D eigenvalue weighted by atomic mass is 32.2. The summed E-state index contributed by atoms with van der Waals surface area (Å²) in [5, 5.41) is 4.12. The van der Waals surface area contributed by atoms with Crippen molar-refractivity contribution in [2.45, 2.75) is 25.7 Å². The van der Waals surface area contributed by atoms with Crippen molar-refractivity contribution in [3.63, 3.8) is 0 Å². The zero-order valence-corrected chi connectivity index (χ0v) is 22.6. The molecule has 3 aromatic carbocycles. The monoisotopic (exact) mass is 530 g/mol. The SMILES string of the molecule is COc1ccc(N(CC(=O)N/N=C\c2cc(C)n(-c3ccccc3C)c2C)S(=O)(=O)c2ccccc2)cc1. The molecule has 1 amide bonds. The fourth-order valence-electron chi connectivity index (χ4n) is 4.23. The van der Waals surface area contributed by atoms with Gasteiger partial charge in [-0.1, -0.05) is 36.4 Å². The predicted molar refractivity (Wildman–Crippen MR) is 150 cm³/mol. The van der Waals surface area contributed by atoms with E-state index >= 15 is 0 Å². The zero-order chi connectivity index (χ0) is 27.3. The molecule has 1 heterocycles. The number of para-hydroxylation sites is 1. The Labute approximate surface area is 223 Å². The largest absolute Gasteiger partial charge is 0.497 e. The lowest BCUT2D eigenvalue weighted by Gasteiger charge is -2.23. The van der Waals surface area contributed by atoms with Crippen LogP contribution in [0.15, 0.2) is 94.9 Å². The van der Waals surface area contributed by atoms with E-state index in [2.05, 4.69) is 34.2 Å². The second-order valence-electron chi connectivity index (χ2n) is 8.76. The molecule has 0 bridgehead atoms. The number of aryl methyl sites for hydroxylation is 2. The van der Waals surface area contributed by atoms with E-state index < -0.39 is 22.5 Å². The summed E-state index contributed by atoms with van der Waals surface area (Å²) in [4.78, 5) is 13.0. The van der Waals surface area contributed by atoms with Gasteiger partial charge in [0.05, 0.1) is 23.9 Å². The molecule has 0 radical (unpaired) electrons. The van der Waals surface area contributed by atoms with Crippen molar-refractivity contribution in [2.75, 3.05) is 18.0 Å². The molecular weight excluding hydrogens is 500 g/mol. The molecule has 4 rings (SSSR count). The molecule has 0 aliphatic heterocycles. The first-order valence-corrected chi connectivity index (χ1v) is 13.4. The Kier molecular flexibility index (Phi) is 7.97. The molecule has 4 aromatic rings. The lowest BCUT2D eigenvalue weighted by atomic mass is 10.2. The minimum Gasteiger partial charge on any atom is -0.497 e. The molecule has 196 valence electrons. The van der Waals surface area contributed by atoms with E-state index in [0.717, 1.165) is 32.5 Å². The van der Waals surface area contributed by atoms with Crippen LogP contribution in [0.2, 0.25) is 0 Å². The Morgan fingerprint density at radius 1 is 0.974 bits per heavy atom. The first-order chi connectivity index (χ1) is 18.2. The fraction of sp³-hybridized carbons (Fsp3) is 0.172. The van der Waals surface area contributed by atoms with E-state index in [-0.39, 0.29) is 4.90 Å². The van der Waals surface area contributed by atoms with Gasteiger partial charge in [-0.3, -0.25) is 9.10 Å². The van der Waals surface area contributed by atoms with Gasteiger partial charge in [0, 0.05) is 22.6 Å². The topological polar surface area (TPSA) is 93.0 Å². The van der Waals surface area contributed by atoms with Gasteiger partial charge in [-0.25, -0.2) is 13.8 Å². The Hall–Kier alpha value is -4.37. The molecule has 0 aliphatic rings. The number of benzene rings is 3. The Balaban J connectivity index is 1.55. The van der Waals surface area contributed by atoms with E-state index in [1.54, 1.807) is 48.7 Å². The minimum absolute atomic E-state index is 0.0794. The maximum Gasteiger partial charge on any atom is 0.264 e. The van der Waals surface area contributed by atoms with Gasteiger partial charge in [0.15, 0.2) is 0 Å². The number of hydrazone groups is 1. The summed E-state index contributed by atoms with van der Waals surface area (Å²) in [5.41, 5.74) is 7.87. The number of aromatic nitrogens is 1. The van der Waals surface area contributed by atoms with Gasteiger partial charge in [0.1, 0.15) is 12.3 Å². The summed E-state index contributed by atoms with van der Waals surface area (Å²) in [6, 6.07) is 24.5. The van der Waals surface area contributed by atoms with E-state index in [4.69, 9.17) is 4.74 Å². The molecule has 8 nitrogen and oxygen atoms in total. The van der Waals surface area contributed by atoms with Crippen molar-refractivity contribution >= 4 is 27.8 Å². The highest BCUT2D eigenvalue weighted by molar-refractivity contribution is 7.92. The van der Waals surface area contributed by atoms with Crippen LogP contribution >= 0.6 is 0 Å². The maximum absolute atomic E-state index is 13.4. The van der Waals surface area contributed by atoms with Gasteiger partial charge < -0.3 is 9.30 Å². The van der Waals surface area contributed by atoms with Crippen LogP contribution < -0.4 is 14.5 Å². The highest BCUT2D eigenvalue weighted by Gasteiger charge is 2.27. The smallest absolute Gasteiger partial charge is 0.264 e. The molecule has 1 N–H and O–H groups in total. The maximum atomic E-state index is 13.4. The predicted octanol–water partition coefficient (Wildman–Crippen LogP) is 4.76. The number of methoxy groups -OCH3 is 1. The summed E-state index contributed by atoms with van der Waals surface area (Å²) in [7, 11) is -2.49. The van der Waals surface area contributed by atoms with Gasteiger partial charge in [-0.15, -0.1) is 0 Å². The van der Waals surface area contributed by atoms with Crippen LogP contribution in [0.4, 0.5) is 5.69 Å². The quantitative estimate of drug-likeness (QED) is 0.250. The number of hydrogen-bond acceptors (Lipinski definition) is 5. The first-order valence-electron chi connectivity index (χ1n) is 12.0. The molecule has 0 aliphatic carbocycles. The molecule has 0 fully saturated rings. The number of hydrogen-bond donors (Lipinski definition) is 1. The van der Waals surface area contributed by atoms with Crippen LogP contribution in [0.1, 0.15) is 22.5 Å². The van der Waals surface area contributed by atoms with Gasteiger partial charge in [0.25, 0.3) is 15.9 Å². The number of amides is 1. The van der Waals surface area contributed by atoms with Crippen LogP contribution in [0.25, 0.3) is 5.69 Å². The number of sulfonamides is 1. The normalized spacial score (nSPS) is 11.5. The Morgan fingerprint density at radius 3 is 2.29 bits per heavy atom. The summed E-state index contributed by atoms with van der Waals surface area (Å²) in [6.45, 7) is 5.60. The minimum atomic E-state index is -4.01. The zero-order valence-electron chi connectivity index (χ0n) is 21.8. The average Bonchev–Trinajstić information content (AvgIpc) is 3.20. The third kappa shape index (κ3) is 5.63. The number of anilines is 1. The third-order valence-electron chi connectivity index (χ3n) is 6.20. The molecule has 0 saturated carbocycles. The molecule has 1 aromatic heterocycles. The van der Waals surface area contributed by atoms with E-state index in [1.165, 1.54) is 19.2 Å². The second kappa shape index (κ2) is 11.4. The molecule has 0 unspecified atom stereocenters. The summed E-state index contributed by atoms with van der Waals surface area (Å²) >= 11 is 0. The lowest BCUT2D eigenvalue weighted by Crippen LogP contribution is -2.39. The first kappa shape index (κ1) is 26.7. The van der Waals surface area contributed by atoms with Crippen molar-refractivity contribution in [1.82, 2.24) is 9.99 Å². The van der Waals surface area contributed by atoms with E-state index in [0.29, 0.717) is 11.4 Å². The Bertz CT molecular complexity index is 1560. The van der Waals surface area contributed by atoms with Gasteiger partial charge >= 0.3 is 0 Å². The number of ether oxygens (including phenoxy) is 1. The van der Waals surface area contributed by atoms with Gasteiger partial charge in [0.2, 0.25) is 0 Å². The molecule has 0 spiro atoms. The van der Waals surface area contributed by atoms with Crippen LogP contribution in [0, 0.1) is 20.8 Å². The van der Waals surface area contributed by atoms with Crippen molar-refractivity contribution in [2.24, 2.45) is 5.10 Å². The standard InChI is InChI=1S/C29H30N4O4S/c1-21-10-8-9-13-28(21)33-22(2)18-24(23(33)3)19-30-31-29(34)20-32(25-14-16-26(37-4)17-15-25)38(35,36)27-11-6-5-7-12-27/h5-19H,20H2,1-4H3,(H,31,34)/b30-19-. The van der Waals surface area contributed by atoms with Crippen molar-refractivity contribution in [3.8, 4) is 11.4 Å². The molecule has 0 atom stereocenters. The third-order valence-corrected chi connectivity index (χ3v) is 7.99. The molecule has 0 saturated heterocycles. The number of nitrogens with zero attached hydrogens (tertiary/aromatic N) is 3. The lowest BCUT2D eigenvalue weighted by molar-refractivity contribution is -0.119. The fourth-order valence-corrected chi connectivity index (χ4v) is 5.67. The summed E-state index contributed by atoms with van der Waals surface area (Å²) < 4.78 is 35.2. The Morgan fingerprint density at radius 2 is 1.63 bits per heavy atom. The van der Waals surface area contributed by atoms with Crippen molar-refractivity contribution in [3.05, 3.63) is 107 Å². The molecule has 38 heavy (non-hydrogen) atoms. The summed E-state index contributed by atoms with van der Waals surface area (Å²) in [6.07, 6.45) is 1.57. The number of rotatable bonds is 9. The summed E-state index contributed by atoms with van der Waals surface area (Å²) in [5.74, 6) is -0.00700. The van der Waals surface area contributed by atoms with Crippen LogP contribution in [0.3, 0.4) is 0 Å². The van der Waals surface area contributed by atoms with Crippen LogP contribution in [0.5, 0.6) is 5.75 Å². The molecular formula is C29H30N4O4S. The van der Waals surface area contributed by atoms with E-state index in [9.17, 15) is 13.2 Å². The van der Waals surface area contributed by atoms with Crippen molar-refractivity contribution < 1.29 is 17.9 Å². The number of carbonyl (C=O) groups excluding carboxylic acids is 1. The number of carbonyl (C=O) groups is 1. The second-order valence-corrected chi connectivity index (χ2v) is 10.6. The number of nitrogens with one attached hydrogen (secondary N) is 1. The highest BCUT2D eigenvalue weighted by Crippen LogP contribution is 2.26. The van der Waals surface area contributed by atoms with Gasteiger partial charge in [-0.2, -0.15) is 5.10 Å². The van der Waals surface area contributed by atoms with Gasteiger partial charge in [-0.05, 0) is 74.9 Å². The van der Waals surface area contributed by atoms with E-state index in [1.807, 2.05) is 32.0 Å². The van der Waals surface area contributed by atoms with Crippen molar-refractivity contribution in [1.29, 1.82) is 0 Å². The van der Waals surface area contributed by atoms with Crippen LogP contribution in [-0.4, -0.2) is 38.8 Å².